The summed E-state index contributed by atoms with van der Waals surface area (Å²) in [7, 11) is 3.63. The molecule has 1 heterocycles. The molecular weight excluding hydrogens is 348 g/mol. The standard InChI is InChI=1S/C16H23BrN2OS/c1-19(2)15(20)4-3-11-21-16-13-8-10-18-9-7-12(13)5-6-14(16)17/h5-6,18H,3-4,7-11H2,1-2H3. The van der Waals surface area contributed by atoms with Crippen molar-refractivity contribution in [1.82, 2.24) is 10.2 Å². The van der Waals surface area contributed by atoms with Crippen molar-refractivity contribution in [2.45, 2.75) is 30.6 Å². The molecule has 0 saturated carbocycles. The lowest BCUT2D eigenvalue weighted by Gasteiger charge is -2.14. The highest BCUT2D eigenvalue weighted by Crippen LogP contribution is 2.34. The Morgan fingerprint density at radius 1 is 1.33 bits per heavy atom. The summed E-state index contributed by atoms with van der Waals surface area (Å²) < 4.78 is 1.19. The number of nitrogens with zero attached hydrogens (tertiary/aromatic N) is 1. The monoisotopic (exact) mass is 370 g/mol. The van der Waals surface area contributed by atoms with Crippen LogP contribution in [-0.4, -0.2) is 43.7 Å². The minimum absolute atomic E-state index is 0.214. The third kappa shape index (κ3) is 4.73. The van der Waals surface area contributed by atoms with Crippen LogP contribution in [0.2, 0.25) is 0 Å². The molecule has 2 rings (SSSR count). The van der Waals surface area contributed by atoms with Gasteiger partial charge in [0.2, 0.25) is 5.91 Å². The largest absolute Gasteiger partial charge is 0.349 e. The van der Waals surface area contributed by atoms with Crippen molar-refractivity contribution in [3.05, 3.63) is 27.7 Å². The van der Waals surface area contributed by atoms with E-state index < -0.39 is 0 Å². The molecule has 0 unspecified atom stereocenters. The number of rotatable bonds is 5. The molecule has 21 heavy (non-hydrogen) atoms. The molecule has 0 saturated heterocycles. The lowest BCUT2D eigenvalue weighted by molar-refractivity contribution is -0.128. The van der Waals surface area contributed by atoms with Gasteiger partial charge in [-0.05, 0) is 71.2 Å². The summed E-state index contributed by atoms with van der Waals surface area (Å²) in [4.78, 5) is 14.6. The molecule has 116 valence electrons. The Kier molecular flexibility index (Phi) is 6.58. The molecule has 0 spiro atoms. The third-order valence-electron chi connectivity index (χ3n) is 3.71. The van der Waals surface area contributed by atoms with Crippen LogP contribution in [0.25, 0.3) is 0 Å². The first-order valence-electron chi connectivity index (χ1n) is 7.43. The number of carbonyl (C=O) groups is 1. The average Bonchev–Trinajstić information content (AvgIpc) is 2.70. The van der Waals surface area contributed by atoms with Gasteiger partial charge in [-0.15, -0.1) is 11.8 Å². The Hall–Kier alpha value is -0.520. The highest BCUT2D eigenvalue weighted by atomic mass is 79.9. The van der Waals surface area contributed by atoms with E-state index in [1.54, 1.807) is 4.90 Å². The minimum atomic E-state index is 0.214. The predicted octanol–water partition coefficient (Wildman–Crippen LogP) is 3.10. The van der Waals surface area contributed by atoms with Crippen LogP contribution in [0.1, 0.15) is 24.0 Å². The van der Waals surface area contributed by atoms with Gasteiger partial charge in [-0.2, -0.15) is 0 Å². The first-order valence-corrected chi connectivity index (χ1v) is 9.21. The molecule has 0 radical (unpaired) electrons. The molecule has 0 aliphatic carbocycles. The molecular formula is C16H23BrN2OS. The van der Waals surface area contributed by atoms with Crippen molar-refractivity contribution in [2.24, 2.45) is 0 Å². The Balaban J connectivity index is 1.98. The van der Waals surface area contributed by atoms with Gasteiger partial charge >= 0.3 is 0 Å². The topological polar surface area (TPSA) is 32.3 Å². The van der Waals surface area contributed by atoms with Crippen molar-refractivity contribution >= 4 is 33.6 Å². The minimum Gasteiger partial charge on any atom is -0.349 e. The Morgan fingerprint density at radius 3 is 2.86 bits per heavy atom. The van der Waals surface area contributed by atoms with Crippen LogP contribution in [0.15, 0.2) is 21.5 Å². The fourth-order valence-electron chi connectivity index (χ4n) is 2.49. The normalized spacial score (nSPS) is 14.4. The predicted molar refractivity (Wildman–Crippen MR) is 93.1 cm³/mol. The van der Waals surface area contributed by atoms with Crippen LogP contribution < -0.4 is 5.32 Å². The molecule has 0 bridgehead atoms. The van der Waals surface area contributed by atoms with Crippen LogP contribution in [0.3, 0.4) is 0 Å². The van der Waals surface area contributed by atoms with E-state index in [4.69, 9.17) is 0 Å². The fourth-order valence-corrected chi connectivity index (χ4v) is 4.31. The summed E-state index contributed by atoms with van der Waals surface area (Å²) in [5.74, 6) is 1.20. The number of halogens is 1. The highest BCUT2D eigenvalue weighted by molar-refractivity contribution is 9.10. The van der Waals surface area contributed by atoms with E-state index >= 15 is 0 Å². The van der Waals surface area contributed by atoms with Crippen molar-refractivity contribution < 1.29 is 4.79 Å². The van der Waals surface area contributed by atoms with Gasteiger partial charge in [0.25, 0.3) is 0 Å². The lowest BCUT2D eigenvalue weighted by atomic mass is 10.0. The van der Waals surface area contributed by atoms with Crippen molar-refractivity contribution in [3.8, 4) is 0 Å². The summed E-state index contributed by atoms with van der Waals surface area (Å²) in [6, 6.07) is 4.41. The number of hydrogen-bond donors (Lipinski definition) is 1. The van der Waals surface area contributed by atoms with Crippen molar-refractivity contribution in [1.29, 1.82) is 0 Å². The van der Waals surface area contributed by atoms with E-state index in [9.17, 15) is 4.79 Å². The number of thioether (sulfide) groups is 1. The summed E-state index contributed by atoms with van der Waals surface area (Å²) in [6.07, 6.45) is 3.76. The summed E-state index contributed by atoms with van der Waals surface area (Å²) in [5.41, 5.74) is 2.95. The molecule has 0 fully saturated rings. The fraction of sp³-hybridized carbons (Fsp3) is 0.562. The second-order valence-corrected chi connectivity index (χ2v) is 7.46. The van der Waals surface area contributed by atoms with Crippen molar-refractivity contribution in [3.63, 3.8) is 0 Å². The van der Waals surface area contributed by atoms with Crippen molar-refractivity contribution in [2.75, 3.05) is 32.9 Å². The average molecular weight is 371 g/mol. The smallest absolute Gasteiger partial charge is 0.222 e. The van der Waals surface area contributed by atoms with Gasteiger partial charge in [-0.25, -0.2) is 0 Å². The van der Waals surface area contributed by atoms with Gasteiger partial charge in [0.1, 0.15) is 0 Å². The molecule has 0 atom stereocenters. The second kappa shape index (κ2) is 8.20. The molecule has 3 nitrogen and oxygen atoms in total. The zero-order valence-corrected chi connectivity index (χ0v) is 15.1. The third-order valence-corrected chi connectivity index (χ3v) is 5.88. The Bertz CT molecular complexity index is 505. The number of amides is 1. The second-order valence-electron chi connectivity index (χ2n) is 5.50. The van der Waals surface area contributed by atoms with E-state index in [2.05, 4.69) is 33.4 Å². The number of nitrogens with one attached hydrogen (secondary N) is 1. The SMILES string of the molecule is CN(C)C(=O)CCCSc1c(Br)ccc2c1CCNCC2. The van der Waals surface area contributed by atoms with E-state index in [0.717, 1.165) is 38.1 Å². The number of hydrogen-bond acceptors (Lipinski definition) is 3. The van der Waals surface area contributed by atoms with Gasteiger partial charge in [-0.3, -0.25) is 4.79 Å². The van der Waals surface area contributed by atoms with Crippen LogP contribution >= 0.6 is 27.7 Å². The van der Waals surface area contributed by atoms with Gasteiger partial charge in [0.15, 0.2) is 0 Å². The number of carbonyl (C=O) groups excluding carboxylic acids is 1. The molecule has 1 aliphatic heterocycles. The highest BCUT2D eigenvalue weighted by Gasteiger charge is 2.15. The maximum Gasteiger partial charge on any atom is 0.222 e. The summed E-state index contributed by atoms with van der Waals surface area (Å²) >= 11 is 5.57. The van der Waals surface area contributed by atoms with Gasteiger partial charge < -0.3 is 10.2 Å². The van der Waals surface area contributed by atoms with Crippen LogP contribution in [0, 0.1) is 0 Å². The van der Waals surface area contributed by atoms with Gasteiger partial charge in [0, 0.05) is 29.9 Å². The summed E-state index contributed by atoms with van der Waals surface area (Å²) in [6.45, 7) is 2.12. The van der Waals surface area contributed by atoms with E-state index in [1.807, 2.05) is 25.9 Å². The molecule has 5 heteroatoms. The molecule has 1 aromatic carbocycles. The molecule has 0 aromatic heterocycles. The molecule has 1 aliphatic rings. The quantitative estimate of drug-likeness (QED) is 0.638. The van der Waals surface area contributed by atoms with E-state index in [1.165, 1.54) is 20.5 Å². The molecule has 1 N–H and O–H groups in total. The Morgan fingerprint density at radius 2 is 2.10 bits per heavy atom. The van der Waals surface area contributed by atoms with Gasteiger partial charge in [-0.1, -0.05) is 6.07 Å². The van der Waals surface area contributed by atoms with Crippen LogP contribution in [-0.2, 0) is 17.6 Å². The first-order chi connectivity index (χ1) is 10.1. The van der Waals surface area contributed by atoms with Crippen LogP contribution in [0.5, 0.6) is 0 Å². The zero-order valence-electron chi connectivity index (χ0n) is 12.7. The molecule has 1 amide bonds. The van der Waals surface area contributed by atoms with Gasteiger partial charge in [0.05, 0.1) is 0 Å². The Labute approximate surface area is 140 Å². The van der Waals surface area contributed by atoms with Crippen LogP contribution in [0.4, 0.5) is 0 Å². The number of fused-ring (bicyclic) bond motifs is 1. The first kappa shape index (κ1) is 16.8. The zero-order chi connectivity index (χ0) is 15.2. The summed E-state index contributed by atoms with van der Waals surface area (Å²) in [5, 5.41) is 3.46. The lowest BCUT2D eigenvalue weighted by Crippen LogP contribution is -2.21. The maximum absolute atomic E-state index is 11.6. The molecule has 1 aromatic rings. The number of benzene rings is 1. The maximum atomic E-state index is 11.6. The van der Waals surface area contributed by atoms with E-state index in [0.29, 0.717) is 6.42 Å². The van der Waals surface area contributed by atoms with E-state index in [-0.39, 0.29) is 5.91 Å².